The molecule has 2 atom stereocenters. The molecule has 3 heterocycles. The van der Waals surface area contributed by atoms with Gasteiger partial charge in [-0.15, -0.1) is 5.10 Å². The van der Waals surface area contributed by atoms with E-state index in [9.17, 15) is 5.11 Å². The summed E-state index contributed by atoms with van der Waals surface area (Å²) in [5.41, 5.74) is 8.83. The first-order valence-electron chi connectivity index (χ1n) is 13.3. The summed E-state index contributed by atoms with van der Waals surface area (Å²) in [6, 6.07) is 17.0. The van der Waals surface area contributed by atoms with Crippen molar-refractivity contribution in [1.29, 1.82) is 0 Å². The molecule has 2 unspecified atom stereocenters. The maximum Gasteiger partial charge on any atom is 0.111 e. The Morgan fingerprint density at radius 2 is 1.46 bits per heavy atom. The molecular weight excluding hydrogens is 460 g/mol. The molecule has 2 aliphatic rings. The molecule has 0 bridgehead atoms. The largest absolute Gasteiger partial charge is 0.385 e. The minimum atomic E-state index is -0.675. The lowest BCUT2D eigenvalue weighted by atomic mass is 9.90. The van der Waals surface area contributed by atoms with Crippen molar-refractivity contribution in [1.82, 2.24) is 14.9 Å². The lowest BCUT2D eigenvalue weighted by Crippen LogP contribution is -2.42. The van der Waals surface area contributed by atoms with Gasteiger partial charge >= 0.3 is 0 Å². The van der Waals surface area contributed by atoms with E-state index in [2.05, 4.69) is 96.6 Å². The number of aromatic nitrogens is 2. The van der Waals surface area contributed by atoms with Crippen LogP contribution in [0.5, 0.6) is 0 Å². The molecule has 0 amide bonds. The highest BCUT2D eigenvalue weighted by Crippen LogP contribution is 2.41. The maximum atomic E-state index is 11.3. The number of β-amino-alcohol motifs (C(OH)–C–C–N with tert-alkyl or cyclic N) is 1. The van der Waals surface area contributed by atoms with Gasteiger partial charge in [0.2, 0.25) is 0 Å². The second-order valence-electron chi connectivity index (χ2n) is 10.6. The Kier molecular flexibility index (Phi) is 7.53. The average Bonchev–Trinajstić information content (AvgIpc) is 3.40. The third-order valence-electron chi connectivity index (χ3n) is 7.29. The summed E-state index contributed by atoms with van der Waals surface area (Å²) in [6.45, 7) is 10.7. The highest BCUT2D eigenvalue weighted by Gasteiger charge is 2.37. The standard InChI is InChI=1S/C30H36N6O/c1-19(2)30-29-28(25(37)18-36(30)16-6-5-7-24-17-31-35-34-24)32-26(22-12-8-20(3)9-13-22)27(33-29)23-14-10-21(4)11-15-23/h8-15,19,25,30,37H,5-7,16-18H2,1-4H3. The topological polar surface area (TPSA) is 86.3 Å². The van der Waals surface area contributed by atoms with E-state index in [1.165, 1.54) is 11.1 Å². The highest BCUT2D eigenvalue weighted by atomic mass is 16.3. The van der Waals surface area contributed by atoms with Crippen LogP contribution in [0.1, 0.15) is 67.8 Å². The summed E-state index contributed by atoms with van der Waals surface area (Å²) < 4.78 is 0. The second kappa shape index (κ2) is 11.0. The fraction of sp³-hybridized carbons (Fsp3) is 0.433. The molecule has 7 heteroatoms. The molecule has 1 aromatic heterocycles. The third kappa shape index (κ3) is 5.53. The fourth-order valence-corrected chi connectivity index (χ4v) is 5.33. The van der Waals surface area contributed by atoms with Crippen molar-refractivity contribution >= 4 is 5.71 Å². The van der Waals surface area contributed by atoms with Crippen molar-refractivity contribution in [2.75, 3.05) is 19.6 Å². The molecule has 37 heavy (non-hydrogen) atoms. The molecule has 0 spiro atoms. The van der Waals surface area contributed by atoms with Gasteiger partial charge in [0.1, 0.15) is 12.6 Å². The molecule has 0 radical (unpaired) electrons. The predicted octanol–water partition coefficient (Wildman–Crippen LogP) is 6.47. The number of aliphatic hydroxyl groups excluding tert-OH is 1. The number of unbranched alkanes of at least 4 members (excludes halogenated alkanes) is 1. The zero-order valence-electron chi connectivity index (χ0n) is 22.2. The first-order chi connectivity index (χ1) is 17.9. The van der Waals surface area contributed by atoms with Gasteiger partial charge in [-0.3, -0.25) is 4.90 Å². The van der Waals surface area contributed by atoms with Crippen molar-refractivity contribution < 1.29 is 5.11 Å². The lowest BCUT2D eigenvalue weighted by Gasteiger charge is -2.40. The van der Waals surface area contributed by atoms with Crippen LogP contribution in [-0.4, -0.2) is 45.3 Å². The maximum absolute atomic E-state index is 11.3. The highest BCUT2D eigenvalue weighted by molar-refractivity contribution is 5.87. The van der Waals surface area contributed by atoms with E-state index in [1.54, 1.807) is 0 Å². The van der Waals surface area contributed by atoms with Crippen molar-refractivity contribution in [3.05, 3.63) is 71.0 Å². The quantitative estimate of drug-likeness (QED) is 0.362. The zero-order chi connectivity index (χ0) is 25.9. The number of benzene rings is 2. The molecule has 7 nitrogen and oxygen atoms in total. The summed E-state index contributed by atoms with van der Waals surface area (Å²) >= 11 is 0. The lowest BCUT2D eigenvalue weighted by molar-refractivity contribution is 0.0429. The molecule has 5 rings (SSSR count). The summed E-state index contributed by atoms with van der Waals surface area (Å²) in [6.07, 6.45) is 2.29. The molecule has 0 fully saturated rings. The molecule has 192 valence electrons. The minimum absolute atomic E-state index is 0.0935. The van der Waals surface area contributed by atoms with E-state index in [-0.39, 0.29) is 6.04 Å². The number of aliphatic hydroxyl groups is 1. The molecule has 2 aromatic carbocycles. The van der Waals surface area contributed by atoms with Crippen molar-refractivity contribution in [2.24, 2.45) is 21.4 Å². The average molecular weight is 497 g/mol. The molecule has 0 saturated carbocycles. The number of hydrogen-bond acceptors (Lipinski definition) is 7. The Hall–Kier alpha value is -3.29. The Morgan fingerprint density at radius 1 is 0.865 bits per heavy atom. The van der Waals surface area contributed by atoms with Crippen LogP contribution < -0.4 is 0 Å². The van der Waals surface area contributed by atoms with E-state index in [0.717, 1.165) is 59.7 Å². The number of fused-ring (bicyclic) bond motifs is 1. The van der Waals surface area contributed by atoms with Gasteiger partial charge in [-0.25, -0.2) is 9.97 Å². The Balaban J connectivity index is 1.51. The molecule has 3 aromatic rings. The van der Waals surface area contributed by atoms with Crippen LogP contribution in [0.15, 0.2) is 64.0 Å². The normalized spacial score (nSPS) is 19.4. The Bertz CT molecular complexity index is 1300. The van der Waals surface area contributed by atoms with Crippen LogP contribution in [0.25, 0.3) is 22.5 Å². The Labute approximate surface area is 219 Å². The van der Waals surface area contributed by atoms with E-state index < -0.39 is 6.10 Å². The summed E-state index contributed by atoms with van der Waals surface area (Å²) in [7, 11) is 0. The second-order valence-corrected chi connectivity index (χ2v) is 10.6. The van der Waals surface area contributed by atoms with Crippen molar-refractivity contribution in [2.45, 2.75) is 59.1 Å². The van der Waals surface area contributed by atoms with Crippen LogP contribution in [0.4, 0.5) is 0 Å². The van der Waals surface area contributed by atoms with Crippen LogP contribution in [0.3, 0.4) is 0 Å². The number of hydrogen-bond donors (Lipinski definition) is 1. The Morgan fingerprint density at radius 3 is 2.00 bits per heavy atom. The molecule has 1 N–H and O–H groups in total. The number of rotatable bonds is 8. The van der Waals surface area contributed by atoms with E-state index in [0.29, 0.717) is 24.7 Å². The summed E-state index contributed by atoms with van der Waals surface area (Å²) in [5, 5.41) is 23.0. The molecule has 0 aliphatic carbocycles. The number of aryl methyl sites for hydroxylation is 2. The molecule has 0 saturated heterocycles. The molecule has 2 aliphatic heterocycles. The van der Waals surface area contributed by atoms with Gasteiger partial charge in [-0.1, -0.05) is 73.5 Å². The summed E-state index contributed by atoms with van der Waals surface area (Å²) in [4.78, 5) is 12.8. The van der Waals surface area contributed by atoms with E-state index in [1.807, 2.05) is 0 Å². The van der Waals surface area contributed by atoms with Gasteiger partial charge < -0.3 is 5.11 Å². The predicted molar refractivity (Wildman–Crippen MR) is 147 cm³/mol. The van der Waals surface area contributed by atoms with Crippen LogP contribution in [0.2, 0.25) is 0 Å². The smallest absolute Gasteiger partial charge is 0.111 e. The van der Waals surface area contributed by atoms with Gasteiger partial charge in [0.15, 0.2) is 0 Å². The SMILES string of the molecule is Cc1ccc(-c2nc3c(nc2-c2ccc(C)cc2)C(C(C)C)N(CCCCC2=NN=NC2)CC3O)cc1. The fourth-order valence-electron chi connectivity index (χ4n) is 5.33. The minimum Gasteiger partial charge on any atom is -0.385 e. The van der Waals surface area contributed by atoms with Crippen molar-refractivity contribution in [3.8, 4) is 22.5 Å². The number of nitrogens with zero attached hydrogens (tertiary/aromatic N) is 6. The van der Waals surface area contributed by atoms with Gasteiger partial charge in [-0.2, -0.15) is 5.11 Å². The van der Waals surface area contributed by atoms with Crippen LogP contribution >= 0.6 is 0 Å². The third-order valence-corrected chi connectivity index (χ3v) is 7.29. The first-order valence-corrected chi connectivity index (χ1v) is 13.3. The zero-order valence-corrected chi connectivity index (χ0v) is 22.2. The van der Waals surface area contributed by atoms with Gasteiger partial charge in [0, 0.05) is 17.7 Å². The van der Waals surface area contributed by atoms with E-state index in [4.69, 9.17) is 9.97 Å². The van der Waals surface area contributed by atoms with E-state index >= 15 is 0 Å². The molecular formula is C30H36N6O. The monoisotopic (exact) mass is 496 g/mol. The van der Waals surface area contributed by atoms with Gasteiger partial charge in [-0.05, 0) is 50.8 Å². The van der Waals surface area contributed by atoms with Crippen LogP contribution in [-0.2, 0) is 0 Å². The first kappa shape index (κ1) is 25.4. The van der Waals surface area contributed by atoms with Crippen LogP contribution in [0, 0.1) is 19.8 Å². The van der Waals surface area contributed by atoms with Gasteiger partial charge in [0.25, 0.3) is 0 Å². The summed E-state index contributed by atoms with van der Waals surface area (Å²) in [5.74, 6) is 0.327. The van der Waals surface area contributed by atoms with Crippen molar-refractivity contribution in [3.63, 3.8) is 0 Å². The van der Waals surface area contributed by atoms with Gasteiger partial charge in [0.05, 0.1) is 34.5 Å².